The first kappa shape index (κ1) is 12.4. The van der Waals surface area contributed by atoms with Gasteiger partial charge in [-0.3, -0.25) is 4.99 Å². The number of rotatable bonds is 4. The molecule has 2 aromatic rings. The van der Waals surface area contributed by atoms with Gasteiger partial charge in [-0.2, -0.15) is 11.3 Å². The van der Waals surface area contributed by atoms with Crippen molar-refractivity contribution in [2.75, 3.05) is 0 Å². The molecule has 0 amide bonds. The van der Waals surface area contributed by atoms with E-state index in [2.05, 4.69) is 15.0 Å². The largest absolute Gasteiger partial charge is 0.285 e. The molecule has 0 aliphatic carbocycles. The zero-order valence-electron chi connectivity index (χ0n) is 9.89. The standard InChI is InChI=1S/C13H12N4S/c1-10(15-8-11-6-7-18-9-11)12-4-2-3-5-13(12)16-17-14/h2-10H,1H3/t10-/m0/s1. The minimum Gasteiger partial charge on any atom is -0.285 e. The smallest absolute Gasteiger partial charge is 0.0725 e. The summed E-state index contributed by atoms with van der Waals surface area (Å²) in [6, 6.07) is 9.48. The van der Waals surface area contributed by atoms with Crippen LogP contribution in [0.4, 0.5) is 5.69 Å². The molecule has 0 bridgehead atoms. The number of thiophene rings is 1. The van der Waals surface area contributed by atoms with Crippen molar-refractivity contribution in [1.82, 2.24) is 0 Å². The fourth-order valence-corrected chi connectivity index (χ4v) is 2.22. The zero-order chi connectivity index (χ0) is 12.8. The van der Waals surface area contributed by atoms with E-state index in [0.29, 0.717) is 5.69 Å². The van der Waals surface area contributed by atoms with Crippen molar-refractivity contribution in [2.45, 2.75) is 13.0 Å². The van der Waals surface area contributed by atoms with E-state index in [9.17, 15) is 0 Å². The second-order valence-corrected chi connectivity index (χ2v) is 4.54. The first-order valence-corrected chi connectivity index (χ1v) is 6.45. The van der Waals surface area contributed by atoms with Gasteiger partial charge in [-0.15, -0.1) is 0 Å². The lowest BCUT2D eigenvalue weighted by Gasteiger charge is -2.09. The van der Waals surface area contributed by atoms with Crippen LogP contribution in [0.3, 0.4) is 0 Å². The molecule has 0 unspecified atom stereocenters. The van der Waals surface area contributed by atoms with Gasteiger partial charge in [0.2, 0.25) is 0 Å². The van der Waals surface area contributed by atoms with Crippen molar-refractivity contribution < 1.29 is 0 Å². The van der Waals surface area contributed by atoms with Crippen LogP contribution >= 0.6 is 11.3 Å². The lowest BCUT2D eigenvalue weighted by molar-refractivity contribution is 0.825. The van der Waals surface area contributed by atoms with Crippen LogP contribution in [0.1, 0.15) is 24.1 Å². The van der Waals surface area contributed by atoms with Crippen molar-refractivity contribution in [3.63, 3.8) is 0 Å². The number of hydrogen-bond donors (Lipinski definition) is 0. The summed E-state index contributed by atoms with van der Waals surface area (Å²) in [7, 11) is 0. The maximum absolute atomic E-state index is 8.53. The molecule has 0 spiro atoms. The second kappa shape index (κ2) is 6.00. The number of aliphatic imine (C=N–C) groups is 1. The van der Waals surface area contributed by atoms with E-state index in [1.54, 1.807) is 17.4 Å². The minimum atomic E-state index is -0.0356. The van der Waals surface area contributed by atoms with Crippen LogP contribution in [-0.2, 0) is 0 Å². The Bertz CT molecular complexity index is 583. The van der Waals surface area contributed by atoms with Gasteiger partial charge in [0.25, 0.3) is 0 Å². The molecule has 0 saturated carbocycles. The first-order chi connectivity index (χ1) is 8.81. The van der Waals surface area contributed by atoms with Gasteiger partial charge in [-0.1, -0.05) is 29.4 Å². The van der Waals surface area contributed by atoms with Crippen LogP contribution in [0.2, 0.25) is 0 Å². The van der Waals surface area contributed by atoms with E-state index < -0.39 is 0 Å². The fourth-order valence-electron chi connectivity index (χ4n) is 1.61. The molecule has 0 radical (unpaired) electrons. The SMILES string of the molecule is C[C@H](N=Cc1ccsc1)c1ccccc1N=[N+]=[N-]. The highest BCUT2D eigenvalue weighted by Crippen LogP contribution is 2.27. The number of nitrogens with zero attached hydrogens (tertiary/aromatic N) is 4. The summed E-state index contributed by atoms with van der Waals surface area (Å²) in [5.74, 6) is 0. The molecule has 0 aliphatic heterocycles. The predicted molar refractivity (Wildman–Crippen MR) is 75.6 cm³/mol. The Morgan fingerprint density at radius 2 is 2.17 bits per heavy atom. The quantitative estimate of drug-likeness (QED) is 0.324. The highest BCUT2D eigenvalue weighted by molar-refractivity contribution is 7.08. The predicted octanol–water partition coefficient (Wildman–Crippen LogP) is 4.87. The van der Waals surface area contributed by atoms with E-state index in [1.165, 1.54) is 0 Å². The number of azide groups is 1. The van der Waals surface area contributed by atoms with Gasteiger partial charge in [-0.05, 0) is 34.8 Å². The molecule has 1 aromatic heterocycles. The van der Waals surface area contributed by atoms with Gasteiger partial charge in [-0.25, -0.2) is 0 Å². The fraction of sp³-hybridized carbons (Fsp3) is 0.154. The topological polar surface area (TPSA) is 61.1 Å². The summed E-state index contributed by atoms with van der Waals surface area (Å²) in [5, 5.41) is 7.73. The summed E-state index contributed by atoms with van der Waals surface area (Å²) in [6.07, 6.45) is 1.84. The van der Waals surface area contributed by atoms with Crippen LogP contribution in [0.25, 0.3) is 10.4 Å². The van der Waals surface area contributed by atoms with Crippen molar-refractivity contribution in [3.05, 3.63) is 62.7 Å². The molecule has 0 saturated heterocycles. The Morgan fingerprint density at radius 3 is 2.89 bits per heavy atom. The lowest BCUT2D eigenvalue weighted by atomic mass is 10.1. The number of hydrogen-bond acceptors (Lipinski definition) is 3. The van der Waals surface area contributed by atoms with E-state index in [-0.39, 0.29) is 6.04 Å². The maximum atomic E-state index is 8.53. The monoisotopic (exact) mass is 256 g/mol. The van der Waals surface area contributed by atoms with Crippen molar-refractivity contribution >= 4 is 23.2 Å². The van der Waals surface area contributed by atoms with Crippen molar-refractivity contribution in [3.8, 4) is 0 Å². The van der Waals surface area contributed by atoms with Crippen molar-refractivity contribution in [2.24, 2.45) is 10.1 Å². The van der Waals surface area contributed by atoms with Crippen LogP contribution in [0.15, 0.2) is 51.2 Å². The van der Waals surface area contributed by atoms with Gasteiger partial charge in [0.1, 0.15) is 0 Å². The summed E-state index contributed by atoms with van der Waals surface area (Å²) >= 11 is 1.64. The Morgan fingerprint density at radius 1 is 1.33 bits per heavy atom. The maximum Gasteiger partial charge on any atom is 0.0725 e. The Labute approximate surface area is 109 Å². The normalized spacial score (nSPS) is 12.3. The summed E-state index contributed by atoms with van der Waals surface area (Å²) in [5.41, 5.74) is 11.2. The molecule has 1 atom stereocenters. The van der Waals surface area contributed by atoms with E-state index in [1.807, 2.05) is 48.2 Å². The van der Waals surface area contributed by atoms with Crippen LogP contribution in [-0.4, -0.2) is 6.21 Å². The molecule has 2 rings (SSSR count). The van der Waals surface area contributed by atoms with Gasteiger partial charge >= 0.3 is 0 Å². The van der Waals surface area contributed by atoms with Gasteiger partial charge in [0, 0.05) is 22.4 Å². The Kier molecular flexibility index (Phi) is 4.12. The van der Waals surface area contributed by atoms with Crippen LogP contribution < -0.4 is 0 Å². The summed E-state index contributed by atoms with van der Waals surface area (Å²) < 4.78 is 0. The molecular formula is C13H12N4S. The van der Waals surface area contributed by atoms with Gasteiger partial charge < -0.3 is 0 Å². The Hall–Kier alpha value is -2.10. The summed E-state index contributed by atoms with van der Waals surface area (Å²) in [6.45, 7) is 1.98. The third-order valence-electron chi connectivity index (χ3n) is 2.53. The van der Waals surface area contributed by atoms with Gasteiger partial charge in [0.05, 0.1) is 6.04 Å². The third kappa shape index (κ3) is 2.97. The zero-order valence-corrected chi connectivity index (χ0v) is 10.7. The molecule has 0 aliphatic rings. The molecule has 1 aromatic carbocycles. The van der Waals surface area contributed by atoms with Gasteiger partial charge in [0.15, 0.2) is 0 Å². The van der Waals surface area contributed by atoms with E-state index in [0.717, 1.165) is 11.1 Å². The average molecular weight is 256 g/mol. The van der Waals surface area contributed by atoms with E-state index >= 15 is 0 Å². The molecule has 5 heteroatoms. The lowest BCUT2D eigenvalue weighted by Crippen LogP contribution is -1.91. The highest BCUT2D eigenvalue weighted by atomic mass is 32.1. The molecule has 0 N–H and O–H groups in total. The Balaban J connectivity index is 2.23. The average Bonchev–Trinajstić information content (AvgIpc) is 2.90. The molecule has 18 heavy (non-hydrogen) atoms. The third-order valence-corrected chi connectivity index (χ3v) is 3.23. The summed E-state index contributed by atoms with van der Waals surface area (Å²) in [4.78, 5) is 7.31. The minimum absolute atomic E-state index is 0.0356. The molecule has 4 nitrogen and oxygen atoms in total. The molecule has 1 heterocycles. The first-order valence-electron chi connectivity index (χ1n) is 5.50. The second-order valence-electron chi connectivity index (χ2n) is 3.76. The van der Waals surface area contributed by atoms with Crippen molar-refractivity contribution in [1.29, 1.82) is 0 Å². The van der Waals surface area contributed by atoms with E-state index in [4.69, 9.17) is 5.53 Å². The molecule has 0 fully saturated rings. The van der Waals surface area contributed by atoms with Crippen LogP contribution in [0.5, 0.6) is 0 Å². The number of benzene rings is 1. The molecule has 90 valence electrons. The van der Waals surface area contributed by atoms with Crippen LogP contribution in [0, 0.1) is 0 Å². The molecular weight excluding hydrogens is 244 g/mol. The highest BCUT2D eigenvalue weighted by Gasteiger charge is 2.06.